The summed E-state index contributed by atoms with van der Waals surface area (Å²) in [6.07, 6.45) is 0. The molecule has 0 aliphatic heterocycles. The van der Waals surface area contributed by atoms with E-state index in [1.54, 1.807) is 36.4 Å². The van der Waals surface area contributed by atoms with Gasteiger partial charge in [0.25, 0.3) is 10.0 Å². The van der Waals surface area contributed by atoms with E-state index < -0.39 is 10.0 Å². The first-order valence-electron chi connectivity index (χ1n) is 6.13. The van der Waals surface area contributed by atoms with Crippen LogP contribution in [0, 0.1) is 0 Å². The zero-order valence-corrected chi connectivity index (χ0v) is 11.9. The van der Waals surface area contributed by atoms with Crippen molar-refractivity contribution in [2.75, 3.05) is 17.1 Å². The van der Waals surface area contributed by atoms with Gasteiger partial charge in [0.2, 0.25) is 0 Å². The van der Waals surface area contributed by atoms with E-state index in [2.05, 4.69) is 4.72 Å². The van der Waals surface area contributed by atoms with Crippen LogP contribution in [0.15, 0.2) is 53.4 Å². The highest BCUT2D eigenvalue weighted by molar-refractivity contribution is 7.92. The van der Waals surface area contributed by atoms with Crippen molar-refractivity contribution in [2.45, 2.75) is 11.8 Å². The Hall–Kier alpha value is -2.21. The molecule has 0 amide bonds. The van der Waals surface area contributed by atoms with Crippen LogP contribution in [0.3, 0.4) is 0 Å². The van der Waals surface area contributed by atoms with Gasteiger partial charge in [-0.1, -0.05) is 18.2 Å². The van der Waals surface area contributed by atoms with Gasteiger partial charge in [0, 0.05) is 11.8 Å². The summed E-state index contributed by atoms with van der Waals surface area (Å²) >= 11 is 0. The lowest BCUT2D eigenvalue weighted by atomic mass is 10.2. The first-order chi connectivity index (χ1) is 9.53. The molecule has 3 N–H and O–H groups in total. The van der Waals surface area contributed by atoms with Crippen molar-refractivity contribution in [1.29, 1.82) is 0 Å². The standard InChI is InChI=1S/C14H16N2O3S/c1-2-19-14-10-11(15)8-9-13(14)16-20(17,18)12-6-4-3-5-7-12/h3-10,16H,2,15H2,1H3. The van der Waals surface area contributed by atoms with Gasteiger partial charge in [-0.2, -0.15) is 0 Å². The molecule has 20 heavy (non-hydrogen) atoms. The van der Waals surface area contributed by atoms with E-state index in [-0.39, 0.29) is 4.90 Å². The number of hydrogen-bond acceptors (Lipinski definition) is 4. The molecular formula is C14H16N2O3S. The zero-order valence-electron chi connectivity index (χ0n) is 11.0. The largest absolute Gasteiger partial charge is 0.492 e. The summed E-state index contributed by atoms with van der Waals surface area (Å²) in [5.74, 6) is 0.409. The van der Waals surface area contributed by atoms with Gasteiger partial charge < -0.3 is 10.5 Å². The van der Waals surface area contributed by atoms with Crippen LogP contribution in [0.25, 0.3) is 0 Å². The zero-order chi connectivity index (χ0) is 14.6. The summed E-state index contributed by atoms with van der Waals surface area (Å²) in [6, 6.07) is 12.9. The summed E-state index contributed by atoms with van der Waals surface area (Å²) in [5, 5.41) is 0. The molecule has 0 radical (unpaired) electrons. The second kappa shape index (κ2) is 5.83. The van der Waals surface area contributed by atoms with Gasteiger partial charge >= 0.3 is 0 Å². The molecule has 0 heterocycles. The first kappa shape index (κ1) is 14.2. The minimum absolute atomic E-state index is 0.194. The van der Waals surface area contributed by atoms with Crippen LogP contribution in [0.4, 0.5) is 11.4 Å². The number of anilines is 2. The average molecular weight is 292 g/mol. The highest BCUT2D eigenvalue weighted by Gasteiger charge is 2.16. The average Bonchev–Trinajstić information content (AvgIpc) is 2.43. The van der Waals surface area contributed by atoms with Crippen molar-refractivity contribution in [3.05, 3.63) is 48.5 Å². The highest BCUT2D eigenvalue weighted by Crippen LogP contribution is 2.29. The Kier molecular flexibility index (Phi) is 4.14. The van der Waals surface area contributed by atoms with E-state index >= 15 is 0 Å². The number of nitrogens with one attached hydrogen (secondary N) is 1. The second-order valence-corrected chi connectivity index (χ2v) is 5.79. The SMILES string of the molecule is CCOc1cc(N)ccc1NS(=O)(=O)c1ccccc1. The summed E-state index contributed by atoms with van der Waals surface area (Å²) in [6.45, 7) is 2.24. The number of hydrogen-bond donors (Lipinski definition) is 2. The molecule has 2 aromatic rings. The van der Waals surface area contributed by atoms with Crippen LogP contribution in [0.2, 0.25) is 0 Å². The van der Waals surface area contributed by atoms with Gasteiger partial charge in [-0.15, -0.1) is 0 Å². The third kappa shape index (κ3) is 3.21. The minimum Gasteiger partial charge on any atom is -0.492 e. The molecule has 0 saturated heterocycles. The molecular weight excluding hydrogens is 276 g/mol. The molecule has 0 bridgehead atoms. The molecule has 0 spiro atoms. The molecule has 5 nitrogen and oxygen atoms in total. The van der Waals surface area contributed by atoms with E-state index in [4.69, 9.17) is 10.5 Å². The van der Waals surface area contributed by atoms with E-state index in [1.165, 1.54) is 12.1 Å². The molecule has 0 aromatic heterocycles. The number of ether oxygens (including phenoxy) is 1. The van der Waals surface area contributed by atoms with Crippen molar-refractivity contribution in [2.24, 2.45) is 0 Å². The number of sulfonamides is 1. The Labute approximate surface area is 118 Å². The first-order valence-corrected chi connectivity index (χ1v) is 7.61. The maximum atomic E-state index is 12.2. The van der Waals surface area contributed by atoms with Crippen LogP contribution in [-0.4, -0.2) is 15.0 Å². The predicted molar refractivity (Wildman–Crippen MR) is 79.3 cm³/mol. The van der Waals surface area contributed by atoms with Crippen LogP contribution in [0.1, 0.15) is 6.92 Å². The van der Waals surface area contributed by atoms with Gasteiger partial charge in [0.05, 0.1) is 17.2 Å². The van der Waals surface area contributed by atoms with Crippen molar-refractivity contribution in [3.8, 4) is 5.75 Å². The fraction of sp³-hybridized carbons (Fsp3) is 0.143. The van der Waals surface area contributed by atoms with E-state index in [1.807, 2.05) is 6.92 Å². The van der Waals surface area contributed by atoms with Crippen LogP contribution < -0.4 is 15.2 Å². The molecule has 0 aliphatic carbocycles. The summed E-state index contributed by atoms with van der Waals surface area (Å²) in [7, 11) is -3.64. The van der Waals surface area contributed by atoms with Crippen molar-refractivity contribution >= 4 is 21.4 Å². The molecule has 2 rings (SSSR count). The monoisotopic (exact) mass is 292 g/mol. The number of nitrogens with two attached hydrogens (primary N) is 1. The third-order valence-electron chi connectivity index (χ3n) is 2.60. The molecule has 0 fully saturated rings. The lowest BCUT2D eigenvalue weighted by molar-refractivity contribution is 0.342. The van der Waals surface area contributed by atoms with Gasteiger partial charge in [-0.3, -0.25) is 4.72 Å². The predicted octanol–water partition coefficient (Wildman–Crippen LogP) is 2.47. The summed E-state index contributed by atoms with van der Waals surface area (Å²) in [5.41, 5.74) is 6.55. The molecule has 106 valence electrons. The molecule has 0 saturated carbocycles. The molecule has 0 atom stereocenters. The minimum atomic E-state index is -3.64. The van der Waals surface area contributed by atoms with E-state index in [9.17, 15) is 8.42 Å². The Balaban J connectivity index is 2.35. The number of rotatable bonds is 5. The molecule has 6 heteroatoms. The van der Waals surface area contributed by atoms with Crippen molar-refractivity contribution in [1.82, 2.24) is 0 Å². The highest BCUT2D eigenvalue weighted by atomic mass is 32.2. The molecule has 2 aromatic carbocycles. The van der Waals surface area contributed by atoms with Crippen LogP contribution in [-0.2, 0) is 10.0 Å². The van der Waals surface area contributed by atoms with Gasteiger partial charge in [-0.25, -0.2) is 8.42 Å². The second-order valence-electron chi connectivity index (χ2n) is 4.11. The smallest absolute Gasteiger partial charge is 0.262 e. The van der Waals surface area contributed by atoms with Crippen molar-refractivity contribution < 1.29 is 13.2 Å². The Morgan fingerprint density at radius 1 is 1.15 bits per heavy atom. The van der Waals surface area contributed by atoms with E-state index in [0.717, 1.165) is 0 Å². The van der Waals surface area contributed by atoms with Gasteiger partial charge in [0.1, 0.15) is 5.75 Å². The number of benzene rings is 2. The van der Waals surface area contributed by atoms with Crippen LogP contribution >= 0.6 is 0 Å². The molecule has 0 unspecified atom stereocenters. The fourth-order valence-corrected chi connectivity index (χ4v) is 2.79. The molecule has 0 aliphatic rings. The lowest BCUT2D eigenvalue weighted by Crippen LogP contribution is -2.14. The Morgan fingerprint density at radius 2 is 1.85 bits per heavy atom. The maximum absolute atomic E-state index is 12.2. The number of nitrogen functional groups attached to an aromatic ring is 1. The fourth-order valence-electron chi connectivity index (χ4n) is 1.70. The summed E-state index contributed by atoms with van der Waals surface area (Å²) < 4.78 is 32.4. The Bertz CT molecular complexity index is 685. The quantitative estimate of drug-likeness (QED) is 0.829. The summed E-state index contributed by atoms with van der Waals surface area (Å²) in [4.78, 5) is 0.194. The Morgan fingerprint density at radius 3 is 2.50 bits per heavy atom. The normalized spacial score (nSPS) is 11.1. The van der Waals surface area contributed by atoms with Gasteiger partial charge in [-0.05, 0) is 31.2 Å². The third-order valence-corrected chi connectivity index (χ3v) is 3.98. The topological polar surface area (TPSA) is 81.4 Å². The van der Waals surface area contributed by atoms with Crippen molar-refractivity contribution in [3.63, 3.8) is 0 Å². The van der Waals surface area contributed by atoms with Crippen LogP contribution in [0.5, 0.6) is 5.75 Å². The van der Waals surface area contributed by atoms with E-state index in [0.29, 0.717) is 23.7 Å². The van der Waals surface area contributed by atoms with Gasteiger partial charge in [0.15, 0.2) is 0 Å². The maximum Gasteiger partial charge on any atom is 0.262 e. The lowest BCUT2D eigenvalue weighted by Gasteiger charge is -2.13.